The first-order valence-corrected chi connectivity index (χ1v) is 8.01. The van der Waals surface area contributed by atoms with Gasteiger partial charge in [0.05, 0.1) is 13.2 Å². The molecule has 0 spiro atoms. The highest BCUT2D eigenvalue weighted by atomic mass is 35.5. The van der Waals surface area contributed by atoms with E-state index in [1.165, 1.54) is 5.56 Å². The number of ether oxygens (including phenoxy) is 1. The zero-order valence-corrected chi connectivity index (χ0v) is 13.3. The van der Waals surface area contributed by atoms with Gasteiger partial charge in [-0.05, 0) is 34.0 Å². The third-order valence-electron chi connectivity index (χ3n) is 3.22. The molecule has 1 aliphatic heterocycles. The number of aromatic nitrogens is 3. The molecule has 112 valence electrons. The number of thiophene rings is 1. The second-order valence-corrected chi connectivity index (χ2v) is 5.91. The average Bonchev–Trinajstić information content (AvgIpc) is 3.00. The Bertz CT molecular complexity index is 588. The molecule has 1 fully saturated rings. The van der Waals surface area contributed by atoms with Crippen molar-refractivity contribution in [1.82, 2.24) is 15.0 Å². The van der Waals surface area contributed by atoms with Gasteiger partial charge in [-0.3, -0.25) is 0 Å². The van der Waals surface area contributed by atoms with Crippen molar-refractivity contribution in [2.75, 3.05) is 43.2 Å². The van der Waals surface area contributed by atoms with Crippen LogP contribution in [-0.4, -0.2) is 48.3 Å². The summed E-state index contributed by atoms with van der Waals surface area (Å²) in [5, 5.41) is 4.39. The van der Waals surface area contributed by atoms with Gasteiger partial charge in [0.25, 0.3) is 0 Å². The number of anilines is 2. The van der Waals surface area contributed by atoms with E-state index < -0.39 is 0 Å². The quantitative estimate of drug-likeness (QED) is 0.857. The van der Waals surface area contributed by atoms with Crippen LogP contribution in [0.5, 0.6) is 0 Å². The summed E-state index contributed by atoms with van der Waals surface area (Å²) in [5.74, 6) is 1.20. The largest absolute Gasteiger partial charge is 0.378 e. The summed E-state index contributed by atoms with van der Waals surface area (Å²) in [6.45, 7) is 3.65. The first-order valence-electron chi connectivity index (χ1n) is 6.69. The number of morpholine rings is 1. The van der Waals surface area contributed by atoms with E-state index in [0.29, 0.717) is 25.1 Å². The van der Waals surface area contributed by atoms with Crippen LogP contribution in [0.2, 0.25) is 5.28 Å². The molecule has 1 saturated heterocycles. The van der Waals surface area contributed by atoms with E-state index >= 15 is 0 Å². The van der Waals surface area contributed by atoms with Crippen molar-refractivity contribution in [3.05, 3.63) is 27.7 Å². The fraction of sp³-hybridized carbons (Fsp3) is 0.462. The molecular formula is C13H16ClN5OS. The highest BCUT2D eigenvalue weighted by Crippen LogP contribution is 2.19. The molecule has 0 N–H and O–H groups in total. The van der Waals surface area contributed by atoms with E-state index in [0.717, 1.165) is 19.6 Å². The summed E-state index contributed by atoms with van der Waals surface area (Å²) in [6.07, 6.45) is 0. The number of nitrogens with zero attached hydrogens (tertiary/aromatic N) is 5. The maximum absolute atomic E-state index is 6.05. The minimum Gasteiger partial charge on any atom is -0.378 e. The van der Waals surface area contributed by atoms with Gasteiger partial charge in [-0.1, -0.05) is 0 Å². The van der Waals surface area contributed by atoms with E-state index in [-0.39, 0.29) is 5.28 Å². The maximum atomic E-state index is 6.05. The fourth-order valence-electron chi connectivity index (χ4n) is 2.13. The van der Waals surface area contributed by atoms with Crippen LogP contribution in [0.1, 0.15) is 5.56 Å². The third kappa shape index (κ3) is 3.61. The van der Waals surface area contributed by atoms with Crippen molar-refractivity contribution in [2.45, 2.75) is 6.54 Å². The first-order chi connectivity index (χ1) is 10.2. The van der Waals surface area contributed by atoms with Gasteiger partial charge < -0.3 is 14.5 Å². The number of hydrogen-bond acceptors (Lipinski definition) is 7. The van der Waals surface area contributed by atoms with E-state index in [1.807, 2.05) is 11.9 Å². The lowest BCUT2D eigenvalue weighted by molar-refractivity contribution is 0.122. The van der Waals surface area contributed by atoms with Crippen LogP contribution in [0.4, 0.5) is 11.9 Å². The molecule has 0 radical (unpaired) electrons. The molecule has 2 aromatic heterocycles. The van der Waals surface area contributed by atoms with E-state index in [1.54, 1.807) is 11.3 Å². The predicted octanol–water partition coefficient (Wildman–Crippen LogP) is 2.06. The number of halogens is 1. The molecule has 3 rings (SSSR count). The number of hydrogen-bond donors (Lipinski definition) is 0. The van der Waals surface area contributed by atoms with Crippen LogP contribution in [-0.2, 0) is 11.3 Å². The van der Waals surface area contributed by atoms with Crippen LogP contribution < -0.4 is 9.80 Å². The Morgan fingerprint density at radius 1 is 1.33 bits per heavy atom. The molecule has 6 nitrogen and oxygen atoms in total. The molecule has 0 unspecified atom stereocenters. The zero-order chi connectivity index (χ0) is 14.7. The molecule has 0 saturated carbocycles. The highest BCUT2D eigenvalue weighted by molar-refractivity contribution is 7.07. The summed E-state index contributed by atoms with van der Waals surface area (Å²) < 4.78 is 5.34. The Morgan fingerprint density at radius 2 is 2.14 bits per heavy atom. The molecular weight excluding hydrogens is 310 g/mol. The van der Waals surface area contributed by atoms with Crippen molar-refractivity contribution in [3.8, 4) is 0 Å². The number of rotatable bonds is 4. The van der Waals surface area contributed by atoms with Crippen molar-refractivity contribution < 1.29 is 4.74 Å². The Morgan fingerprint density at radius 3 is 2.86 bits per heavy atom. The maximum Gasteiger partial charge on any atom is 0.231 e. The van der Waals surface area contributed by atoms with Crippen LogP contribution in [0.3, 0.4) is 0 Å². The van der Waals surface area contributed by atoms with Crippen LogP contribution >= 0.6 is 22.9 Å². The topological polar surface area (TPSA) is 54.4 Å². The van der Waals surface area contributed by atoms with Crippen molar-refractivity contribution in [3.63, 3.8) is 0 Å². The molecule has 0 amide bonds. The standard InChI is InChI=1S/C13H16ClN5OS/c1-18(8-10-2-7-21-9-10)12-15-11(14)16-13(17-12)19-3-5-20-6-4-19/h2,7,9H,3-6,8H2,1H3. The first kappa shape index (κ1) is 14.5. The Labute approximate surface area is 132 Å². The van der Waals surface area contributed by atoms with Gasteiger partial charge in [-0.15, -0.1) is 0 Å². The van der Waals surface area contributed by atoms with Crippen molar-refractivity contribution in [1.29, 1.82) is 0 Å². The summed E-state index contributed by atoms with van der Waals surface area (Å²) in [6, 6.07) is 2.09. The lowest BCUT2D eigenvalue weighted by atomic mass is 10.3. The fourth-order valence-corrected chi connectivity index (χ4v) is 2.94. The van der Waals surface area contributed by atoms with Crippen LogP contribution in [0.25, 0.3) is 0 Å². The van der Waals surface area contributed by atoms with Gasteiger partial charge in [0.1, 0.15) is 0 Å². The minimum atomic E-state index is 0.221. The van der Waals surface area contributed by atoms with Gasteiger partial charge in [-0.2, -0.15) is 26.3 Å². The van der Waals surface area contributed by atoms with Gasteiger partial charge in [-0.25, -0.2) is 0 Å². The molecule has 21 heavy (non-hydrogen) atoms. The highest BCUT2D eigenvalue weighted by Gasteiger charge is 2.17. The third-order valence-corrected chi connectivity index (χ3v) is 4.12. The Kier molecular flexibility index (Phi) is 4.52. The van der Waals surface area contributed by atoms with Crippen molar-refractivity contribution in [2.24, 2.45) is 0 Å². The predicted molar refractivity (Wildman–Crippen MR) is 84.3 cm³/mol. The van der Waals surface area contributed by atoms with Crippen molar-refractivity contribution >= 4 is 34.8 Å². The average molecular weight is 326 g/mol. The minimum absolute atomic E-state index is 0.221. The Hall–Kier alpha value is -1.44. The van der Waals surface area contributed by atoms with Gasteiger partial charge in [0, 0.05) is 26.7 Å². The zero-order valence-electron chi connectivity index (χ0n) is 11.7. The molecule has 0 atom stereocenters. The van der Waals surface area contributed by atoms with E-state index in [4.69, 9.17) is 16.3 Å². The summed E-state index contributed by atoms with van der Waals surface area (Å²) >= 11 is 7.73. The molecule has 3 heterocycles. The summed E-state index contributed by atoms with van der Waals surface area (Å²) in [5.41, 5.74) is 1.23. The normalized spacial score (nSPS) is 15.2. The molecule has 8 heteroatoms. The van der Waals surface area contributed by atoms with E-state index in [9.17, 15) is 0 Å². The molecule has 0 bridgehead atoms. The van der Waals surface area contributed by atoms with Crippen LogP contribution in [0, 0.1) is 0 Å². The van der Waals surface area contributed by atoms with Gasteiger partial charge in [0.15, 0.2) is 0 Å². The second-order valence-electron chi connectivity index (χ2n) is 4.79. The SMILES string of the molecule is CN(Cc1ccsc1)c1nc(Cl)nc(N2CCOCC2)n1. The lowest BCUT2D eigenvalue weighted by Gasteiger charge is -2.27. The lowest BCUT2D eigenvalue weighted by Crippen LogP contribution is -2.37. The molecule has 1 aliphatic rings. The Balaban J connectivity index is 1.79. The van der Waals surface area contributed by atoms with E-state index in [2.05, 4.69) is 36.7 Å². The molecule has 0 aliphatic carbocycles. The smallest absolute Gasteiger partial charge is 0.231 e. The monoisotopic (exact) mass is 325 g/mol. The summed E-state index contributed by atoms with van der Waals surface area (Å²) in [7, 11) is 1.95. The molecule has 0 aromatic carbocycles. The van der Waals surface area contributed by atoms with Crippen LogP contribution in [0.15, 0.2) is 16.8 Å². The molecule has 2 aromatic rings. The second kappa shape index (κ2) is 6.55. The van der Waals surface area contributed by atoms with Gasteiger partial charge in [0.2, 0.25) is 17.2 Å². The summed E-state index contributed by atoms with van der Waals surface area (Å²) in [4.78, 5) is 17.0. The van der Waals surface area contributed by atoms with Gasteiger partial charge >= 0.3 is 0 Å².